The van der Waals surface area contributed by atoms with E-state index in [-0.39, 0.29) is 12.4 Å². The van der Waals surface area contributed by atoms with Crippen molar-refractivity contribution in [3.8, 4) is 5.75 Å². The summed E-state index contributed by atoms with van der Waals surface area (Å²) in [7, 11) is 0. The van der Waals surface area contributed by atoms with E-state index in [0.717, 1.165) is 19.3 Å². The minimum absolute atomic E-state index is 0.120. The molecule has 1 aliphatic carbocycles. The van der Waals surface area contributed by atoms with Gasteiger partial charge in [0.1, 0.15) is 5.75 Å². The van der Waals surface area contributed by atoms with Crippen LogP contribution in [-0.4, -0.2) is 32.4 Å². The molecule has 0 radical (unpaired) electrons. The van der Waals surface area contributed by atoms with E-state index in [0.29, 0.717) is 29.9 Å². The SMILES string of the molecule is Cc1ncc(CO)c(CNCC2(O)CCC2)c1O. The van der Waals surface area contributed by atoms with Crippen LogP contribution in [0.25, 0.3) is 0 Å². The molecule has 2 rings (SSSR count). The van der Waals surface area contributed by atoms with E-state index in [2.05, 4.69) is 10.3 Å². The summed E-state index contributed by atoms with van der Waals surface area (Å²) in [6.45, 7) is 2.51. The maximum atomic E-state index is 9.95. The maximum Gasteiger partial charge on any atom is 0.141 e. The summed E-state index contributed by atoms with van der Waals surface area (Å²) in [5, 5.41) is 32.2. The molecule has 5 heteroatoms. The summed E-state index contributed by atoms with van der Waals surface area (Å²) in [6.07, 6.45) is 4.30. The van der Waals surface area contributed by atoms with E-state index >= 15 is 0 Å². The Bertz CT molecular complexity index is 430. The molecule has 0 atom stereocenters. The molecule has 1 aliphatic rings. The van der Waals surface area contributed by atoms with Crippen LogP contribution >= 0.6 is 0 Å². The first-order valence-corrected chi connectivity index (χ1v) is 6.26. The zero-order chi connectivity index (χ0) is 13.2. The van der Waals surface area contributed by atoms with E-state index in [9.17, 15) is 15.3 Å². The van der Waals surface area contributed by atoms with Crippen LogP contribution in [0.4, 0.5) is 0 Å². The first kappa shape index (κ1) is 13.3. The molecule has 4 N–H and O–H groups in total. The number of nitrogens with one attached hydrogen (secondary N) is 1. The smallest absolute Gasteiger partial charge is 0.141 e. The maximum absolute atomic E-state index is 9.95. The van der Waals surface area contributed by atoms with Crippen molar-refractivity contribution in [1.29, 1.82) is 0 Å². The highest BCUT2D eigenvalue weighted by Gasteiger charge is 2.33. The Morgan fingerprint density at radius 1 is 1.44 bits per heavy atom. The molecule has 0 spiro atoms. The highest BCUT2D eigenvalue weighted by Crippen LogP contribution is 2.31. The van der Waals surface area contributed by atoms with Gasteiger partial charge in [0.2, 0.25) is 0 Å². The summed E-state index contributed by atoms with van der Waals surface area (Å²) in [4.78, 5) is 4.01. The van der Waals surface area contributed by atoms with Gasteiger partial charge in [0.05, 0.1) is 17.9 Å². The number of aromatic nitrogens is 1. The second kappa shape index (κ2) is 5.22. The van der Waals surface area contributed by atoms with E-state index in [1.54, 1.807) is 13.1 Å². The zero-order valence-electron chi connectivity index (χ0n) is 10.6. The van der Waals surface area contributed by atoms with Gasteiger partial charge in [-0.25, -0.2) is 0 Å². The predicted octanol–water partition coefficient (Wildman–Crippen LogP) is 0.593. The van der Waals surface area contributed by atoms with Crippen LogP contribution < -0.4 is 5.32 Å². The van der Waals surface area contributed by atoms with Crippen LogP contribution in [0, 0.1) is 6.92 Å². The van der Waals surface area contributed by atoms with Gasteiger partial charge >= 0.3 is 0 Å². The van der Waals surface area contributed by atoms with Gasteiger partial charge in [-0.15, -0.1) is 0 Å². The van der Waals surface area contributed by atoms with Crippen LogP contribution in [0.1, 0.15) is 36.1 Å². The summed E-state index contributed by atoms with van der Waals surface area (Å²) in [6, 6.07) is 0. The molecule has 1 heterocycles. The van der Waals surface area contributed by atoms with Crippen LogP contribution in [0.15, 0.2) is 6.20 Å². The number of nitrogens with zero attached hydrogens (tertiary/aromatic N) is 1. The van der Waals surface area contributed by atoms with Gasteiger partial charge in [-0.2, -0.15) is 0 Å². The Hall–Kier alpha value is -1.17. The first-order chi connectivity index (χ1) is 8.56. The lowest BCUT2D eigenvalue weighted by molar-refractivity contribution is -0.0315. The molecule has 5 nitrogen and oxygen atoms in total. The number of pyridine rings is 1. The summed E-state index contributed by atoms with van der Waals surface area (Å²) >= 11 is 0. The average molecular weight is 252 g/mol. The second-order valence-corrected chi connectivity index (χ2v) is 5.04. The van der Waals surface area contributed by atoms with Crippen LogP contribution in [-0.2, 0) is 13.2 Å². The Kier molecular flexibility index (Phi) is 3.85. The third kappa shape index (κ3) is 2.63. The lowest BCUT2D eigenvalue weighted by Gasteiger charge is -2.36. The van der Waals surface area contributed by atoms with E-state index in [1.165, 1.54) is 0 Å². The second-order valence-electron chi connectivity index (χ2n) is 5.04. The quantitative estimate of drug-likeness (QED) is 0.616. The lowest BCUT2D eigenvalue weighted by Crippen LogP contribution is -2.46. The molecule has 0 aromatic carbocycles. The van der Waals surface area contributed by atoms with Crippen molar-refractivity contribution < 1.29 is 15.3 Å². The van der Waals surface area contributed by atoms with Gasteiger partial charge in [-0.3, -0.25) is 4.98 Å². The number of aliphatic hydroxyl groups is 2. The monoisotopic (exact) mass is 252 g/mol. The third-order valence-electron chi connectivity index (χ3n) is 3.64. The van der Waals surface area contributed by atoms with Gasteiger partial charge in [0.25, 0.3) is 0 Å². The summed E-state index contributed by atoms with van der Waals surface area (Å²) in [5.41, 5.74) is 1.24. The first-order valence-electron chi connectivity index (χ1n) is 6.26. The summed E-state index contributed by atoms with van der Waals surface area (Å²) in [5.74, 6) is 0.120. The number of aromatic hydroxyl groups is 1. The Balaban J connectivity index is 2.01. The highest BCUT2D eigenvalue weighted by molar-refractivity contribution is 5.40. The predicted molar refractivity (Wildman–Crippen MR) is 67.1 cm³/mol. The van der Waals surface area contributed by atoms with Crippen molar-refractivity contribution in [1.82, 2.24) is 10.3 Å². The number of aryl methyl sites for hydroxylation is 1. The number of rotatable bonds is 5. The highest BCUT2D eigenvalue weighted by atomic mass is 16.3. The standard InChI is InChI=1S/C13H20N2O3/c1-9-12(17)11(10(7-16)5-15-9)6-14-8-13(18)3-2-4-13/h5,14,16-18H,2-4,6-8H2,1H3. The molecule has 1 fully saturated rings. The van der Waals surface area contributed by atoms with Gasteiger partial charge in [-0.05, 0) is 26.2 Å². The molecular formula is C13H20N2O3. The minimum atomic E-state index is -0.586. The molecule has 1 aromatic rings. The molecule has 1 saturated carbocycles. The molecule has 0 amide bonds. The fourth-order valence-corrected chi connectivity index (χ4v) is 2.20. The largest absolute Gasteiger partial charge is 0.506 e. The molecular weight excluding hydrogens is 232 g/mol. The Morgan fingerprint density at radius 3 is 2.72 bits per heavy atom. The van der Waals surface area contributed by atoms with Crippen LogP contribution in [0.2, 0.25) is 0 Å². The number of aliphatic hydroxyl groups excluding tert-OH is 1. The third-order valence-corrected chi connectivity index (χ3v) is 3.64. The molecule has 0 bridgehead atoms. The van der Waals surface area contributed by atoms with Crippen molar-refractivity contribution in [3.05, 3.63) is 23.0 Å². The average Bonchev–Trinajstić information content (AvgIpc) is 2.32. The minimum Gasteiger partial charge on any atom is -0.506 e. The van der Waals surface area contributed by atoms with Gasteiger partial charge < -0.3 is 20.6 Å². The molecule has 1 aromatic heterocycles. The summed E-state index contributed by atoms with van der Waals surface area (Å²) < 4.78 is 0. The van der Waals surface area contributed by atoms with Crippen molar-refractivity contribution >= 4 is 0 Å². The zero-order valence-corrected chi connectivity index (χ0v) is 10.6. The molecule has 0 saturated heterocycles. The van der Waals surface area contributed by atoms with Gasteiger partial charge in [-0.1, -0.05) is 0 Å². The molecule has 0 unspecified atom stereocenters. The van der Waals surface area contributed by atoms with Crippen molar-refractivity contribution in [2.45, 2.75) is 44.9 Å². The van der Waals surface area contributed by atoms with Crippen LogP contribution in [0.3, 0.4) is 0 Å². The molecule has 100 valence electrons. The molecule has 0 aliphatic heterocycles. The van der Waals surface area contributed by atoms with Crippen molar-refractivity contribution in [2.24, 2.45) is 0 Å². The van der Waals surface area contributed by atoms with E-state index in [1.807, 2.05) is 0 Å². The number of hydrogen-bond donors (Lipinski definition) is 4. The normalized spacial score (nSPS) is 17.5. The fourth-order valence-electron chi connectivity index (χ4n) is 2.20. The Morgan fingerprint density at radius 2 is 2.17 bits per heavy atom. The molecule has 18 heavy (non-hydrogen) atoms. The lowest BCUT2D eigenvalue weighted by atomic mass is 9.80. The van der Waals surface area contributed by atoms with Crippen molar-refractivity contribution in [3.63, 3.8) is 0 Å². The van der Waals surface area contributed by atoms with E-state index < -0.39 is 5.60 Å². The number of hydrogen-bond acceptors (Lipinski definition) is 5. The van der Waals surface area contributed by atoms with Crippen molar-refractivity contribution in [2.75, 3.05) is 6.54 Å². The van der Waals surface area contributed by atoms with Gasteiger partial charge in [0.15, 0.2) is 0 Å². The van der Waals surface area contributed by atoms with E-state index in [4.69, 9.17) is 0 Å². The fraction of sp³-hybridized carbons (Fsp3) is 0.615. The van der Waals surface area contributed by atoms with Gasteiger partial charge in [0, 0.05) is 30.4 Å². The topological polar surface area (TPSA) is 85.6 Å². The van der Waals surface area contributed by atoms with Crippen LogP contribution in [0.5, 0.6) is 5.75 Å². The Labute approximate surface area is 106 Å².